The van der Waals surface area contributed by atoms with Crippen LogP contribution >= 0.6 is 11.3 Å². The number of halogens is 1. The quantitative estimate of drug-likeness (QED) is 0.872. The first-order valence-electron chi connectivity index (χ1n) is 5.75. The smallest absolute Gasteiger partial charge is 0.247 e. The lowest BCUT2D eigenvalue weighted by molar-refractivity contribution is -0.117. The van der Waals surface area contributed by atoms with E-state index >= 15 is 0 Å². The van der Waals surface area contributed by atoms with Crippen LogP contribution in [0.4, 0.5) is 4.39 Å². The van der Waals surface area contributed by atoms with Gasteiger partial charge in [-0.15, -0.1) is 11.3 Å². The Kier molecular flexibility index (Phi) is 4.41. The highest BCUT2D eigenvalue weighted by Crippen LogP contribution is 2.09. The average Bonchev–Trinajstić information content (AvgIpc) is 2.91. The Morgan fingerprint density at radius 2 is 2.16 bits per heavy atom. The number of amides is 1. The first kappa shape index (κ1) is 13.4. The number of thiazole rings is 1. The van der Waals surface area contributed by atoms with Crippen molar-refractivity contribution in [3.8, 4) is 0 Å². The molecule has 1 aromatic heterocycles. The van der Waals surface area contributed by atoms with Gasteiger partial charge in [0.2, 0.25) is 5.91 Å². The molecule has 0 fully saturated rings. The topological polar surface area (TPSA) is 42.0 Å². The number of carbonyl (C=O) groups excluding carboxylic acids is 1. The maximum Gasteiger partial charge on any atom is 0.247 e. The van der Waals surface area contributed by atoms with Crippen molar-refractivity contribution in [1.29, 1.82) is 0 Å². The Hall–Kier alpha value is -2.01. The number of hydrogen-bond acceptors (Lipinski definition) is 3. The van der Waals surface area contributed by atoms with Gasteiger partial charge in [0.05, 0.1) is 6.54 Å². The van der Waals surface area contributed by atoms with Crippen molar-refractivity contribution in [2.45, 2.75) is 13.5 Å². The number of nitrogens with zero attached hydrogens (tertiary/aromatic N) is 1. The zero-order valence-electron chi connectivity index (χ0n) is 10.4. The van der Waals surface area contributed by atoms with Crippen molar-refractivity contribution in [1.82, 2.24) is 10.3 Å². The van der Waals surface area contributed by atoms with Gasteiger partial charge in [0, 0.05) is 17.2 Å². The van der Waals surface area contributed by atoms with Crippen LogP contribution in [0.1, 0.15) is 17.5 Å². The van der Waals surface area contributed by atoms with Crippen molar-refractivity contribution in [3.05, 3.63) is 57.8 Å². The lowest BCUT2D eigenvalue weighted by atomic mass is 10.1. The van der Waals surface area contributed by atoms with E-state index in [1.807, 2.05) is 5.38 Å². The molecular formula is C14H13FN2OS. The van der Waals surface area contributed by atoms with Crippen LogP contribution in [0.25, 0.3) is 6.08 Å². The summed E-state index contributed by atoms with van der Waals surface area (Å²) in [7, 11) is 0. The molecule has 2 aromatic rings. The average molecular weight is 276 g/mol. The summed E-state index contributed by atoms with van der Waals surface area (Å²) in [6.07, 6.45) is 3.42. The number of hydrogen-bond donors (Lipinski definition) is 1. The zero-order chi connectivity index (χ0) is 13.7. The third-order valence-corrected chi connectivity index (χ3v) is 3.27. The van der Waals surface area contributed by atoms with Crippen LogP contribution < -0.4 is 5.32 Å². The van der Waals surface area contributed by atoms with E-state index in [0.717, 1.165) is 10.6 Å². The van der Waals surface area contributed by atoms with Crippen molar-refractivity contribution >= 4 is 23.3 Å². The standard InChI is InChI=1S/C14H13FN2OS/c1-10(8-11-2-4-12(15)5-3-11)14(18)17-9-13-16-6-7-19-13/h2-8H,9H2,1H3,(H,17,18)/b10-8-. The van der Waals surface area contributed by atoms with Crippen molar-refractivity contribution in [3.63, 3.8) is 0 Å². The van der Waals surface area contributed by atoms with Crippen LogP contribution in [0.15, 0.2) is 41.4 Å². The molecule has 0 radical (unpaired) electrons. The molecule has 0 unspecified atom stereocenters. The minimum absolute atomic E-state index is 0.153. The van der Waals surface area contributed by atoms with Crippen LogP contribution in [0.2, 0.25) is 0 Å². The molecule has 0 aliphatic rings. The van der Waals surface area contributed by atoms with Gasteiger partial charge in [0.25, 0.3) is 0 Å². The van der Waals surface area contributed by atoms with E-state index < -0.39 is 0 Å². The van der Waals surface area contributed by atoms with Crippen molar-refractivity contribution < 1.29 is 9.18 Å². The summed E-state index contributed by atoms with van der Waals surface area (Å²) in [5, 5.41) is 5.51. The summed E-state index contributed by atoms with van der Waals surface area (Å²) >= 11 is 1.50. The van der Waals surface area contributed by atoms with E-state index in [0.29, 0.717) is 12.1 Å². The molecule has 0 aliphatic carbocycles. The van der Waals surface area contributed by atoms with Crippen LogP contribution in [-0.2, 0) is 11.3 Å². The molecule has 5 heteroatoms. The maximum absolute atomic E-state index is 12.8. The predicted molar refractivity (Wildman–Crippen MR) is 74.0 cm³/mol. The molecule has 2 rings (SSSR count). The molecule has 0 saturated carbocycles. The summed E-state index contributed by atoms with van der Waals surface area (Å²) < 4.78 is 12.8. The Bertz CT molecular complexity index is 576. The van der Waals surface area contributed by atoms with E-state index in [1.54, 1.807) is 31.3 Å². The Balaban J connectivity index is 1.96. The third kappa shape index (κ3) is 3.99. The SMILES string of the molecule is C/C(=C/c1ccc(F)cc1)C(=O)NCc1nccs1. The van der Waals surface area contributed by atoms with Crippen LogP contribution in [0, 0.1) is 5.82 Å². The molecule has 0 spiro atoms. The first-order valence-corrected chi connectivity index (χ1v) is 6.63. The van der Waals surface area contributed by atoms with Gasteiger partial charge in [-0.1, -0.05) is 12.1 Å². The normalized spacial score (nSPS) is 11.4. The predicted octanol–water partition coefficient (Wildman–Crippen LogP) is 3.00. The molecule has 1 heterocycles. The third-order valence-electron chi connectivity index (χ3n) is 2.49. The zero-order valence-corrected chi connectivity index (χ0v) is 11.2. The lowest BCUT2D eigenvalue weighted by Gasteiger charge is -2.03. The summed E-state index contributed by atoms with van der Waals surface area (Å²) in [4.78, 5) is 15.9. The summed E-state index contributed by atoms with van der Waals surface area (Å²) in [5.74, 6) is -0.442. The van der Waals surface area contributed by atoms with Crippen molar-refractivity contribution in [2.75, 3.05) is 0 Å². The van der Waals surface area contributed by atoms with Gasteiger partial charge in [-0.25, -0.2) is 9.37 Å². The molecule has 98 valence electrons. The monoisotopic (exact) mass is 276 g/mol. The molecule has 0 bridgehead atoms. The summed E-state index contributed by atoms with van der Waals surface area (Å²) in [5.41, 5.74) is 1.37. The number of nitrogens with one attached hydrogen (secondary N) is 1. The Morgan fingerprint density at radius 1 is 1.42 bits per heavy atom. The van der Waals surface area contributed by atoms with Gasteiger partial charge in [-0.05, 0) is 30.7 Å². The maximum atomic E-state index is 12.8. The van der Waals surface area contributed by atoms with E-state index in [1.165, 1.54) is 23.5 Å². The summed E-state index contributed by atoms with van der Waals surface area (Å²) in [6.45, 7) is 2.14. The second-order valence-corrected chi connectivity index (χ2v) is 4.97. The number of aromatic nitrogens is 1. The van der Waals surface area contributed by atoms with Crippen LogP contribution in [0.5, 0.6) is 0 Å². The highest BCUT2D eigenvalue weighted by Gasteiger charge is 2.05. The van der Waals surface area contributed by atoms with Gasteiger partial charge in [0.1, 0.15) is 10.8 Å². The fourth-order valence-corrected chi connectivity index (χ4v) is 2.07. The molecular weight excluding hydrogens is 263 g/mol. The van der Waals surface area contributed by atoms with Crippen LogP contribution in [-0.4, -0.2) is 10.9 Å². The fourth-order valence-electron chi connectivity index (χ4n) is 1.51. The van der Waals surface area contributed by atoms with Gasteiger partial charge < -0.3 is 5.32 Å². The van der Waals surface area contributed by atoms with E-state index in [2.05, 4.69) is 10.3 Å². The molecule has 0 atom stereocenters. The first-order chi connectivity index (χ1) is 9.15. The van der Waals surface area contributed by atoms with Gasteiger partial charge in [-0.3, -0.25) is 4.79 Å². The van der Waals surface area contributed by atoms with Gasteiger partial charge in [-0.2, -0.15) is 0 Å². The second-order valence-electron chi connectivity index (χ2n) is 3.99. The van der Waals surface area contributed by atoms with Gasteiger partial charge in [0.15, 0.2) is 0 Å². The molecule has 0 aliphatic heterocycles. The second kappa shape index (κ2) is 6.24. The molecule has 19 heavy (non-hydrogen) atoms. The molecule has 1 amide bonds. The largest absolute Gasteiger partial charge is 0.346 e. The fraction of sp³-hybridized carbons (Fsp3) is 0.143. The highest BCUT2D eigenvalue weighted by atomic mass is 32.1. The van der Waals surface area contributed by atoms with Crippen molar-refractivity contribution in [2.24, 2.45) is 0 Å². The Labute approximate surface area is 114 Å². The minimum atomic E-state index is -0.289. The molecule has 1 aromatic carbocycles. The summed E-state index contributed by atoms with van der Waals surface area (Å²) in [6, 6.07) is 6.00. The number of benzene rings is 1. The van der Waals surface area contributed by atoms with E-state index in [4.69, 9.17) is 0 Å². The van der Waals surface area contributed by atoms with E-state index in [9.17, 15) is 9.18 Å². The number of carbonyl (C=O) groups is 1. The van der Waals surface area contributed by atoms with E-state index in [-0.39, 0.29) is 11.7 Å². The molecule has 0 saturated heterocycles. The molecule has 3 nitrogen and oxygen atoms in total. The highest BCUT2D eigenvalue weighted by molar-refractivity contribution is 7.09. The lowest BCUT2D eigenvalue weighted by Crippen LogP contribution is -2.23. The number of rotatable bonds is 4. The van der Waals surface area contributed by atoms with Crippen LogP contribution in [0.3, 0.4) is 0 Å². The van der Waals surface area contributed by atoms with Gasteiger partial charge >= 0.3 is 0 Å². The minimum Gasteiger partial charge on any atom is -0.346 e. The Morgan fingerprint density at radius 3 is 2.79 bits per heavy atom. The molecule has 1 N–H and O–H groups in total.